The van der Waals surface area contributed by atoms with Crippen molar-refractivity contribution in [1.82, 2.24) is 5.32 Å². The van der Waals surface area contributed by atoms with E-state index in [2.05, 4.69) is 62.5 Å². The van der Waals surface area contributed by atoms with Crippen molar-refractivity contribution >= 4 is 5.91 Å². The molecule has 0 spiro atoms. The minimum atomic E-state index is 0.0324. The normalized spacial score (nSPS) is 12.0. The van der Waals surface area contributed by atoms with Crippen molar-refractivity contribution in [3.63, 3.8) is 0 Å². The molecule has 0 bridgehead atoms. The Morgan fingerprint density at radius 3 is 2.23 bits per heavy atom. The van der Waals surface area contributed by atoms with Crippen LogP contribution in [0.4, 0.5) is 0 Å². The molecule has 0 aromatic heterocycles. The lowest BCUT2D eigenvalue weighted by atomic mass is 10.0. The molecule has 2 nitrogen and oxygen atoms in total. The fourth-order valence-electron chi connectivity index (χ4n) is 2.52. The molecule has 0 heterocycles. The number of hydrogen-bond donors (Lipinski definition) is 1. The Labute approximate surface area is 133 Å². The predicted octanol–water partition coefficient (Wildman–Crippen LogP) is 4.29. The van der Waals surface area contributed by atoms with Crippen molar-refractivity contribution < 1.29 is 4.79 Å². The highest BCUT2D eigenvalue weighted by Crippen LogP contribution is 2.15. The second-order valence-corrected chi connectivity index (χ2v) is 5.98. The third kappa shape index (κ3) is 4.20. The third-order valence-corrected chi connectivity index (χ3v) is 4.20. The van der Waals surface area contributed by atoms with Crippen LogP contribution in [-0.2, 0) is 17.6 Å². The number of hydrogen-bond acceptors (Lipinski definition) is 1. The molecule has 1 atom stereocenters. The van der Waals surface area contributed by atoms with Gasteiger partial charge < -0.3 is 5.32 Å². The fourth-order valence-corrected chi connectivity index (χ4v) is 2.52. The molecule has 22 heavy (non-hydrogen) atoms. The topological polar surface area (TPSA) is 29.1 Å². The largest absolute Gasteiger partial charge is 0.349 e. The highest BCUT2D eigenvalue weighted by atomic mass is 16.1. The van der Waals surface area contributed by atoms with Gasteiger partial charge in [-0.3, -0.25) is 4.79 Å². The molecule has 1 N–H and O–H groups in total. The van der Waals surface area contributed by atoms with E-state index in [0.29, 0.717) is 6.42 Å². The second-order valence-electron chi connectivity index (χ2n) is 5.98. The van der Waals surface area contributed by atoms with Gasteiger partial charge in [-0.15, -0.1) is 0 Å². The molecule has 2 rings (SSSR count). The summed E-state index contributed by atoms with van der Waals surface area (Å²) in [6.45, 7) is 8.33. The molecule has 116 valence electrons. The van der Waals surface area contributed by atoms with E-state index in [1.54, 1.807) is 0 Å². The van der Waals surface area contributed by atoms with Crippen LogP contribution in [0.2, 0.25) is 0 Å². The van der Waals surface area contributed by atoms with Gasteiger partial charge in [-0.2, -0.15) is 0 Å². The number of benzene rings is 2. The smallest absolute Gasteiger partial charge is 0.224 e. The number of rotatable bonds is 5. The van der Waals surface area contributed by atoms with E-state index >= 15 is 0 Å². The van der Waals surface area contributed by atoms with Crippen LogP contribution in [0.1, 0.15) is 47.7 Å². The number of nitrogens with one attached hydrogen (secondary N) is 1. The van der Waals surface area contributed by atoms with Gasteiger partial charge in [-0.05, 0) is 55.0 Å². The van der Waals surface area contributed by atoms with E-state index < -0.39 is 0 Å². The minimum Gasteiger partial charge on any atom is -0.349 e. The zero-order valence-electron chi connectivity index (χ0n) is 13.9. The Balaban J connectivity index is 1.96. The van der Waals surface area contributed by atoms with Crippen molar-refractivity contribution in [2.45, 2.75) is 46.6 Å². The Kier molecular flexibility index (Phi) is 5.37. The van der Waals surface area contributed by atoms with Gasteiger partial charge in [0.2, 0.25) is 5.91 Å². The first-order valence-electron chi connectivity index (χ1n) is 7.94. The Bertz CT molecular complexity index is 643. The van der Waals surface area contributed by atoms with Gasteiger partial charge >= 0.3 is 0 Å². The van der Waals surface area contributed by atoms with E-state index in [9.17, 15) is 4.79 Å². The van der Waals surface area contributed by atoms with Crippen molar-refractivity contribution in [3.05, 3.63) is 70.3 Å². The van der Waals surface area contributed by atoms with Crippen molar-refractivity contribution in [2.75, 3.05) is 0 Å². The van der Waals surface area contributed by atoms with Gasteiger partial charge in [-0.1, -0.05) is 49.4 Å². The summed E-state index contributed by atoms with van der Waals surface area (Å²) in [5.41, 5.74) is 6.01. The number of amides is 1. The molecule has 1 amide bonds. The summed E-state index contributed by atoms with van der Waals surface area (Å²) in [5.74, 6) is 0.0651. The van der Waals surface area contributed by atoms with Crippen LogP contribution in [0.15, 0.2) is 42.5 Å². The molecule has 0 saturated heterocycles. The third-order valence-electron chi connectivity index (χ3n) is 4.20. The summed E-state index contributed by atoms with van der Waals surface area (Å²) in [4.78, 5) is 12.2. The molecule has 0 fully saturated rings. The van der Waals surface area contributed by atoms with Crippen LogP contribution in [0.25, 0.3) is 0 Å². The quantitative estimate of drug-likeness (QED) is 0.876. The zero-order chi connectivity index (χ0) is 16.1. The van der Waals surface area contributed by atoms with Crippen molar-refractivity contribution in [3.8, 4) is 0 Å². The van der Waals surface area contributed by atoms with E-state index in [-0.39, 0.29) is 11.9 Å². The van der Waals surface area contributed by atoms with Crippen LogP contribution in [0, 0.1) is 13.8 Å². The maximum atomic E-state index is 12.2. The molecular weight excluding hydrogens is 270 g/mol. The molecule has 0 saturated carbocycles. The van der Waals surface area contributed by atoms with E-state index in [0.717, 1.165) is 17.5 Å². The first kappa shape index (κ1) is 16.3. The van der Waals surface area contributed by atoms with Gasteiger partial charge in [0.25, 0.3) is 0 Å². The van der Waals surface area contributed by atoms with E-state index in [4.69, 9.17) is 0 Å². The van der Waals surface area contributed by atoms with Crippen LogP contribution >= 0.6 is 0 Å². The lowest BCUT2D eigenvalue weighted by Crippen LogP contribution is -2.28. The first-order chi connectivity index (χ1) is 10.5. The van der Waals surface area contributed by atoms with Crippen molar-refractivity contribution in [2.24, 2.45) is 0 Å². The average molecular weight is 295 g/mol. The van der Waals surface area contributed by atoms with Crippen molar-refractivity contribution in [1.29, 1.82) is 0 Å². The summed E-state index contributed by atoms with van der Waals surface area (Å²) >= 11 is 0. The molecule has 2 aromatic carbocycles. The SMILES string of the molecule is CCc1ccc([C@@H](C)NC(=O)Cc2ccc(C)c(C)c2)cc1. The van der Waals surface area contributed by atoms with E-state index in [1.807, 2.05) is 13.0 Å². The summed E-state index contributed by atoms with van der Waals surface area (Å²) in [6, 6.07) is 14.7. The van der Waals surface area contributed by atoms with Gasteiger partial charge in [0, 0.05) is 0 Å². The summed E-state index contributed by atoms with van der Waals surface area (Å²) < 4.78 is 0. The molecule has 0 aliphatic rings. The van der Waals surface area contributed by atoms with Gasteiger partial charge in [0.1, 0.15) is 0 Å². The summed E-state index contributed by atoms with van der Waals surface area (Å²) in [7, 11) is 0. The van der Waals surface area contributed by atoms with Crippen LogP contribution in [0.5, 0.6) is 0 Å². The summed E-state index contributed by atoms with van der Waals surface area (Å²) in [6.07, 6.45) is 1.46. The minimum absolute atomic E-state index is 0.0324. The predicted molar refractivity (Wildman–Crippen MR) is 92.0 cm³/mol. The monoisotopic (exact) mass is 295 g/mol. The number of aryl methyl sites for hydroxylation is 3. The number of carbonyl (C=O) groups is 1. The Morgan fingerprint density at radius 1 is 1.00 bits per heavy atom. The molecule has 0 unspecified atom stereocenters. The van der Waals surface area contributed by atoms with E-state index in [1.165, 1.54) is 16.7 Å². The second kappa shape index (κ2) is 7.26. The molecule has 0 radical (unpaired) electrons. The maximum absolute atomic E-state index is 12.2. The number of carbonyl (C=O) groups excluding carboxylic acids is 1. The molecule has 0 aliphatic carbocycles. The highest BCUT2D eigenvalue weighted by Gasteiger charge is 2.10. The lowest BCUT2D eigenvalue weighted by Gasteiger charge is -2.15. The van der Waals surface area contributed by atoms with Gasteiger partial charge in [-0.25, -0.2) is 0 Å². The first-order valence-corrected chi connectivity index (χ1v) is 7.94. The standard InChI is InChI=1S/C20H25NO/c1-5-17-8-10-19(11-9-17)16(4)21-20(22)13-18-7-6-14(2)15(3)12-18/h6-12,16H,5,13H2,1-4H3,(H,21,22)/t16-/m1/s1. The van der Waals surface area contributed by atoms with Gasteiger partial charge in [0.05, 0.1) is 12.5 Å². The zero-order valence-corrected chi connectivity index (χ0v) is 13.9. The van der Waals surface area contributed by atoms with Crippen LogP contribution in [-0.4, -0.2) is 5.91 Å². The summed E-state index contributed by atoms with van der Waals surface area (Å²) in [5, 5.41) is 3.08. The molecule has 2 heteroatoms. The maximum Gasteiger partial charge on any atom is 0.224 e. The molecule has 2 aromatic rings. The fraction of sp³-hybridized carbons (Fsp3) is 0.350. The Hall–Kier alpha value is -2.09. The van der Waals surface area contributed by atoms with Crippen LogP contribution < -0.4 is 5.32 Å². The molecule has 0 aliphatic heterocycles. The average Bonchev–Trinajstić information content (AvgIpc) is 2.51. The van der Waals surface area contributed by atoms with Crippen LogP contribution in [0.3, 0.4) is 0 Å². The molecular formula is C20H25NO. The Morgan fingerprint density at radius 2 is 1.64 bits per heavy atom. The highest BCUT2D eigenvalue weighted by molar-refractivity contribution is 5.79. The van der Waals surface area contributed by atoms with Gasteiger partial charge in [0.15, 0.2) is 0 Å². The lowest BCUT2D eigenvalue weighted by molar-refractivity contribution is -0.121.